The fourth-order valence-electron chi connectivity index (χ4n) is 2.26. The van der Waals surface area contributed by atoms with Gasteiger partial charge in [0.1, 0.15) is 19.3 Å². The van der Waals surface area contributed by atoms with Crippen molar-refractivity contribution in [1.29, 1.82) is 0 Å². The van der Waals surface area contributed by atoms with Crippen molar-refractivity contribution in [1.82, 2.24) is 11.1 Å². The van der Waals surface area contributed by atoms with Crippen molar-refractivity contribution in [3.8, 4) is 0 Å². The van der Waals surface area contributed by atoms with Crippen LogP contribution < -0.4 is 11.1 Å². The van der Waals surface area contributed by atoms with E-state index in [1.807, 2.05) is 36.4 Å². The SMILES string of the molecule is [NH]C(=O)CCC(NC(=O)OCc1ccccc1)C(=O)OCc1ccccc1. The molecule has 0 saturated carbocycles. The molecule has 0 bridgehead atoms. The number of esters is 1. The van der Waals surface area contributed by atoms with Gasteiger partial charge in [-0.15, -0.1) is 0 Å². The van der Waals surface area contributed by atoms with E-state index in [9.17, 15) is 14.4 Å². The molecule has 0 aliphatic carbocycles. The van der Waals surface area contributed by atoms with Gasteiger partial charge in [-0.25, -0.2) is 9.59 Å². The number of hydrogen-bond donors (Lipinski definition) is 1. The third-order valence-corrected chi connectivity index (χ3v) is 3.67. The van der Waals surface area contributed by atoms with E-state index >= 15 is 0 Å². The minimum atomic E-state index is -1.06. The van der Waals surface area contributed by atoms with Crippen LogP contribution in [-0.4, -0.2) is 24.0 Å². The summed E-state index contributed by atoms with van der Waals surface area (Å²) in [5, 5.41) is 2.41. The fourth-order valence-corrected chi connectivity index (χ4v) is 2.26. The van der Waals surface area contributed by atoms with Crippen molar-refractivity contribution in [3.05, 3.63) is 71.8 Å². The number of rotatable bonds is 9. The van der Waals surface area contributed by atoms with Gasteiger partial charge in [0.2, 0.25) is 5.91 Å². The van der Waals surface area contributed by atoms with Gasteiger partial charge in [0.05, 0.1) is 0 Å². The summed E-state index contributed by atoms with van der Waals surface area (Å²) in [6, 6.07) is 17.1. The first kappa shape index (κ1) is 20.0. The fraction of sp³-hybridized carbons (Fsp3) is 0.250. The summed E-state index contributed by atoms with van der Waals surface area (Å²) in [7, 11) is 0. The molecule has 7 nitrogen and oxygen atoms in total. The van der Waals surface area contributed by atoms with E-state index in [4.69, 9.17) is 15.2 Å². The van der Waals surface area contributed by atoms with Gasteiger partial charge in [-0.1, -0.05) is 60.7 Å². The maximum atomic E-state index is 12.3. The highest BCUT2D eigenvalue weighted by Gasteiger charge is 2.23. The normalized spacial score (nSPS) is 11.3. The van der Waals surface area contributed by atoms with E-state index in [2.05, 4.69) is 5.32 Å². The van der Waals surface area contributed by atoms with Crippen LogP contribution in [0.4, 0.5) is 4.79 Å². The number of benzene rings is 2. The summed E-state index contributed by atoms with van der Waals surface area (Å²) >= 11 is 0. The number of amides is 2. The number of ether oxygens (including phenoxy) is 2. The van der Waals surface area contributed by atoms with Gasteiger partial charge in [-0.05, 0) is 17.5 Å². The predicted molar refractivity (Wildman–Crippen MR) is 97.1 cm³/mol. The molecular weight excluding hydrogens is 348 g/mol. The monoisotopic (exact) mass is 369 g/mol. The molecule has 0 spiro atoms. The summed E-state index contributed by atoms with van der Waals surface area (Å²) in [6.45, 7) is 0.0988. The Bertz CT molecular complexity index is 749. The topological polar surface area (TPSA) is 106 Å². The zero-order chi connectivity index (χ0) is 19.5. The van der Waals surface area contributed by atoms with Crippen molar-refractivity contribution in [2.75, 3.05) is 0 Å². The molecule has 27 heavy (non-hydrogen) atoms. The van der Waals surface area contributed by atoms with Crippen molar-refractivity contribution in [2.45, 2.75) is 32.1 Å². The third-order valence-electron chi connectivity index (χ3n) is 3.67. The Labute approximate surface area is 157 Å². The lowest BCUT2D eigenvalue weighted by Gasteiger charge is -2.17. The van der Waals surface area contributed by atoms with E-state index in [1.54, 1.807) is 24.3 Å². The zero-order valence-corrected chi connectivity index (χ0v) is 14.7. The summed E-state index contributed by atoms with van der Waals surface area (Å²) in [6.07, 6.45) is -1.00. The Morgan fingerprint density at radius 1 is 0.852 bits per heavy atom. The first-order valence-corrected chi connectivity index (χ1v) is 8.47. The number of nitrogens with one attached hydrogen (secondary N) is 2. The molecule has 2 aromatic carbocycles. The molecule has 2 rings (SSSR count). The third kappa shape index (κ3) is 7.60. The second-order valence-corrected chi connectivity index (χ2v) is 5.81. The molecule has 0 saturated heterocycles. The molecule has 0 aromatic heterocycles. The molecule has 1 radical (unpaired) electrons. The Morgan fingerprint density at radius 2 is 1.37 bits per heavy atom. The van der Waals surface area contributed by atoms with Crippen LogP contribution in [0.2, 0.25) is 0 Å². The minimum absolute atomic E-state index is 0.0314. The minimum Gasteiger partial charge on any atom is -0.459 e. The number of alkyl carbamates (subject to hydrolysis) is 1. The van der Waals surface area contributed by atoms with Gasteiger partial charge in [0.15, 0.2) is 0 Å². The highest BCUT2D eigenvalue weighted by Crippen LogP contribution is 2.07. The molecule has 0 aliphatic heterocycles. The van der Waals surface area contributed by atoms with Gasteiger partial charge < -0.3 is 14.8 Å². The van der Waals surface area contributed by atoms with Crippen molar-refractivity contribution in [3.63, 3.8) is 0 Å². The molecule has 0 heterocycles. The highest BCUT2D eigenvalue weighted by molar-refractivity contribution is 5.82. The van der Waals surface area contributed by atoms with E-state index in [-0.39, 0.29) is 26.1 Å². The predicted octanol–water partition coefficient (Wildman–Crippen LogP) is 2.61. The van der Waals surface area contributed by atoms with Crippen LogP contribution in [-0.2, 0) is 32.3 Å². The van der Waals surface area contributed by atoms with E-state index in [0.29, 0.717) is 0 Å². The molecule has 0 fully saturated rings. The smallest absolute Gasteiger partial charge is 0.408 e. The first-order chi connectivity index (χ1) is 13.0. The second-order valence-electron chi connectivity index (χ2n) is 5.81. The van der Waals surface area contributed by atoms with Crippen LogP contribution in [0, 0.1) is 0 Å². The Balaban J connectivity index is 1.88. The van der Waals surface area contributed by atoms with Crippen LogP contribution in [0.15, 0.2) is 60.7 Å². The van der Waals surface area contributed by atoms with E-state index < -0.39 is 24.0 Å². The highest BCUT2D eigenvalue weighted by atomic mass is 16.6. The van der Waals surface area contributed by atoms with Gasteiger partial charge in [-0.2, -0.15) is 0 Å². The van der Waals surface area contributed by atoms with Crippen molar-refractivity contribution < 1.29 is 23.9 Å². The number of hydrogen-bond acceptors (Lipinski definition) is 5. The molecule has 2 amide bonds. The Hall–Kier alpha value is -3.35. The Morgan fingerprint density at radius 3 is 1.89 bits per heavy atom. The summed E-state index contributed by atoms with van der Waals surface area (Å²) < 4.78 is 10.3. The largest absolute Gasteiger partial charge is 0.459 e. The van der Waals surface area contributed by atoms with Crippen LogP contribution in [0.25, 0.3) is 0 Å². The molecule has 2 aromatic rings. The molecule has 7 heteroatoms. The van der Waals surface area contributed by atoms with Crippen LogP contribution >= 0.6 is 0 Å². The van der Waals surface area contributed by atoms with Crippen LogP contribution in [0.1, 0.15) is 24.0 Å². The summed E-state index contributed by atoms with van der Waals surface area (Å²) in [5.41, 5.74) is 8.59. The maximum absolute atomic E-state index is 12.3. The van der Waals surface area contributed by atoms with Gasteiger partial charge in [0.25, 0.3) is 0 Å². The molecular formula is C20H21N2O5. The molecule has 1 unspecified atom stereocenters. The average Bonchev–Trinajstić information content (AvgIpc) is 2.69. The quantitative estimate of drug-likeness (QED) is 0.684. The van der Waals surface area contributed by atoms with E-state index in [0.717, 1.165) is 11.1 Å². The maximum Gasteiger partial charge on any atom is 0.408 e. The summed E-state index contributed by atoms with van der Waals surface area (Å²) in [5.74, 6) is -1.51. The van der Waals surface area contributed by atoms with Gasteiger partial charge >= 0.3 is 12.1 Å². The molecule has 0 aliphatic rings. The van der Waals surface area contributed by atoms with Crippen LogP contribution in [0.5, 0.6) is 0 Å². The standard InChI is InChI=1S/C20H21N2O5/c21-18(23)12-11-17(19(24)26-13-15-7-3-1-4-8-15)22-20(25)27-14-16-9-5-2-6-10-16/h1-10,17,21H,11-14H2,(H,22,25). The Kier molecular flexibility index (Phi) is 7.84. The summed E-state index contributed by atoms with van der Waals surface area (Å²) in [4.78, 5) is 35.2. The lowest BCUT2D eigenvalue weighted by atomic mass is 10.1. The number of carbonyl (C=O) groups is 3. The lowest BCUT2D eigenvalue weighted by molar-refractivity contribution is -0.147. The molecule has 1 atom stereocenters. The van der Waals surface area contributed by atoms with Crippen molar-refractivity contribution in [2.24, 2.45) is 0 Å². The van der Waals surface area contributed by atoms with Crippen molar-refractivity contribution >= 4 is 18.0 Å². The average molecular weight is 369 g/mol. The van der Waals surface area contributed by atoms with Gasteiger partial charge in [0, 0.05) is 6.42 Å². The molecule has 141 valence electrons. The van der Waals surface area contributed by atoms with Crippen LogP contribution in [0.3, 0.4) is 0 Å². The lowest BCUT2D eigenvalue weighted by Crippen LogP contribution is -2.42. The second kappa shape index (κ2) is 10.6. The zero-order valence-electron chi connectivity index (χ0n) is 14.7. The first-order valence-electron chi connectivity index (χ1n) is 8.47. The van der Waals surface area contributed by atoms with Gasteiger partial charge in [-0.3, -0.25) is 10.5 Å². The molecule has 2 N–H and O–H groups in total. The number of carbonyl (C=O) groups excluding carboxylic acids is 3. The van der Waals surface area contributed by atoms with E-state index in [1.165, 1.54) is 0 Å².